The van der Waals surface area contributed by atoms with Crippen LogP contribution in [0.15, 0.2) is 42.5 Å². The zero-order chi connectivity index (χ0) is 17.1. The van der Waals surface area contributed by atoms with E-state index in [1.165, 1.54) is 23.8 Å². The highest BCUT2D eigenvalue weighted by molar-refractivity contribution is 5.65. The molecule has 0 N–H and O–H groups in total. The molecule has 2 aromatic rings. The van der Waals surface area contributed by atoms with Gasteiger partial charge in [0.15, 0.2) is 0 Å². The van der Waals surface area contributed by atoms with Gasteiger partial charge in [0, 0.05) is 19.2 Å². The Bertz CT molecular complexity index is 740. The monoisotopic (exact) mass is 327 g/mol. The van der Waals surface area contributed by atoms with E-state index in [4.69, 9.17) is 4.74 Å². The van der Waals surface area contributed by atoms with E-state index in [-0.39, 0.29) is 11.4 Å². The third kappa shape index (κ3) is 3.13. The Morgan fingerprint density at radius 1 is 1.17 bits per heavy atom. The predicted octanol–water partition coefficient (Wildman–Crippen LogP) is 3.06. The van der Waals surface area contributed by atoms with Crippen molar-refractivity contribution in [3.05, 3.63) is 58.1 Å². The summed E-state index contributed by atoms with van der Waals surface area (Å²) in [6.07, 6.45) is 1.72. The molecule has 0 atom stereocenters. The van der Waals surface area contributed by atoms with Gasteiger partial charge in [-0.3, -0.25) is 10.1 Å². The lowest BCUT2D eigenvalue weighted by molar-refractivity contribution is -0.384. The highest BCUT2D eigenvalue weighted by Crippen LogP contribution is 2.38. The molecular formula is C18H19N2O4-. The summed E-state index contributed by atoms with van der Waals surface area (Å²) >= 11 is 0. The average molecular weight is 327 g/mol. The van der Waals surface area contributed by atoms with Crippen LogP contribution in [-0.4, -0.2) is 25.1 Å². The van der Waals surface area contributed by atoms with Gasteiger partial charge in [-0.2, -0.15) is 0 Å². The van der Waals surface area contributed by atoms with E-state index in [0.29, 0.717) is 24.7 Å². The van der Waals surface area contributed by atoms with Crippen molar-refractivity contribution < 1.29 is 14.8 Å². The molecule has 0 radical (unpaired) electrons. The van der Waals surface area contributed by atoms with Crippen molar-refractivity contribution in [1.29, 1.82) is 0 Å². The van der Waals surface area contributed by atoms with Crippen molar-refractivity contribution in [1.82, 2.24) is 0 Å². The van der Waals surface area contributed by atoms with Crippen molar-refractivity contribution in [3.8, 4) is 11.5 Å². The molecule has 1 fully saturated rings. The molecule has 1 heterocycles. The van der Waals surface area contributed by atoms with Gasteiger partial charge < -0.3 is 14.7 Å². The Hall–Kier alpha value is -2.76. The Morgan fingerprint density at radius 3 is 2.54 bits per heavy atom. The first-order valence-corrected chi connectivity index (χ1v) is 7.93. The number of benzene rings is 2. The Kier molecular flexibility index (Phi) is 4.55. The molecule has 3 rings (SSSR count). The summed E-state index contributed by atoms with van der Waals surface area (Å²) in [6.45, 7) is 1.35. The predicted molar refractivity (Wildman–Crippen MR) is 89.7 cm³/mol. The van der Waals surface area contributed by atoms with Crippen LogP contribution in [0.3, 0.4) is 0 Å². The van der Waals surface area contributed by atoms with Crippen LogP contribution in [0.2, 0.25) is 0 Å². The lowest BCUT2D eigenvalue weighted by atomic mass is 9.88. The summed E-state index contributed by atoms with van der Waals surface area (Å²) < 4.78 is 5.43. The van der Waals surface area contributed by atoms with Gasteiger partial charge in [-0.05, 0) is 36.5 Å². The first kappa shape index (κ1) is 16.1. The average Bonchev–Trinajstić information content (AvgIpc) is 2.61. The van der Waals surface area contributed by atoms with E-state index in [0.717, 1.165) is 18.6 Å². The molecule has 2 aromatic carbocycles. The second-order valence-electron chi connectivity index (χ2n) is 5.91. The summed E-state index contributed by atoms with van der Waals surface area (Å²) in [7, 11) is 1.66. The Labute approximate surface area is 140 Å². The molecule has 126 valence electrons. The molecule has 1 aliphatic heterocycles. The van der Waals surface area contributed by atoms with Gasteiger partial charge in [0.25, 0.3) is 5.69 Å². The quantitative estimate of drug-likeness (QED) is 0.637. The second kappa shape index (κ2) is 6.78. The van der Waals surface area contributed by atoms with E-state index < -0.39 is 4.92 Å². The molecule has 6 heteroatoms. The molecule has 1 aliphatic rings. The summed E-state index contributed by atoms with van der Waals surface area (Å²) in [5.74, 6) is 1.03. The van der Waals surface area contributed by atoms with E-state index in [9.17, 15) is 15.2 Å². The number of methoxy groups -OCH3 is 1. The molecule has 1 saturated heterocycles. The van der Waals surface area contributed by atoms with Gasteiger partial charge in [-0.15, -0.1) is 5.75 Å². The lowest BCUT2D eigenvalue weighted by Crippen LogP contribution is -2.33. The molecule has 0 saturated carbocycles. The first-order chi connectivity index (χ1) is 11.6. The van der Waals surface area contributed by atoms with Gasteiger partial charge >= 0.3 is 0 Å². The highest BCUT2D eigenvalue weighted by Gasteiger charge is 2.26. The molecule has 24 heavy (non-hydrogen) atoms. The second-order valence-corrected chi connectivity index (χ2v) is 5.91. The lowest BCUT2D eigenvalue weighted by Gasteiger charge is -2.34. The van der Waals surface area contributed by atoms with Crippen LogP contribution < -0.4 is 14.7 Å². The number of hydrogen-bond donors (Lipinski definition) is 0. The maximum atomic E-state index is 11.6. The molecular weight excluding hydrogens is 308 g/mol. The smallest absolute Gasteiger partial charge is 0.292 e. The van der Waals surface area contributed by atoms with Crippen LogP contribution in [0, 0.1) is 10.1 Å². The van der Waals surface area contributed by atoms with Crippen molar-refractivity contribution in [2.75, 3.05) is 25.1 Å². The molecule has 6 nitrogen and oxygen atoms in total. The third-order valence-electron chi connectivity index (χ3n) is 4.56. The van der Waals surface area contributed by atoms with E-state index in [2.05, 4.69) is 6.07 Å². The molecule has 0 bridgehead atoms. The minimum atomic E-state index is -0.429. The van der Waals surface area contributed by atoms with E-state index in [1.54, 1.807) is 7.11 Å². The highest BCUT2D eigenvalue weighted by atomic mass is 16.6. The number of para-hydroxylation sites is 1. The van der Waals surface area contributed by atoms with Crippen molar-refractivity contribution in [2.24, 2.45) is 0 Å². The van der Waals surface area contributed by atoms with E-state index in [1.807, 2.05) is 23.1 Å². The van der Waals surface area contributed by atoms with Gasteiger partial charge in [0.2, 0.25) is 0 Å². The number of anilines is 1. The molecule has 0 unspecified atom stereocenters. The third-order valence-corrected chi connectivity index (χ3v) is 4.56. The topological polar surface area (TPSA) is 78.7 Å². The fraction of sp³-hybridized carbons (Fsp3) is 0.333. The number of piperidine rings is 1. The fourth-order valence-electron chi connectivity index (χ4n) is 3.35. The largest absolute Gasteiger partial charge is 0.872 e. The minimum Gasteiger partial charge on any atom is -0.872 e. The van der Waals surface area contributed by atoms with Crippen LogP contribution in [0.25, 0.3) is 0 Å². The van der Waals surface area contributed by atoms with Gasteiger partial charge in [0.1, 0.15) is 11.4 Å². The summed E-state index contributed by atoms with van der Waals surface area (Å²) in [4.78, 5) is 12.7. The standard InChI is InChI=1S/C18H20N2O4/c1-24-18-5-3-2-4-15(18)13-8-10-19(11-9-13)17-12-14(21)6-7-16(17)20(22)23/h2-7,12-13,21H,8-11H2,1H3/p-1. The fourth-order valence-corrected chi connectivity index (χ4v) is 3.35. The minimum absolute atomic E-state index is 0.00894. The van der Waals surface area contributed by atoms with Crippen molar-refractivity contribution in [3.63, 3.8) is 0 Å². The Morgan fingerprint density at radius 2 is 1.88 bits per heavy atom. The zero-order valence-electron chi connectivity index (χ0n) is 13.5. The number of nitro benzene ring substituents is 1. The van der Waals surface area contributed by atoms with Crippen LogP contribution in [-0.2, 0) is 0 Å². The number of nitrogens with zero attached hydrogens (tertiary/aromatic N) is 2. The summed E-state index contributed by atoms with van der Waals surface area (Å²) in [5, 5.41) is 22.8. The van der Waals surface area contributed by atoms with E-state index >= 15 is 0 Å². The van der Waals surface area contributed by atoms with Gasteiger partial charge in [-0.1, -0.05) is 24.3 Å². The summed E-state index contributed by atoms with van der Waals surface area (Å²) in [6, 6.07) is 11.9. The SMILES string of the molecule is COc1ccccc1C1CCN(c2cc([O-])ccc2[N+](=O)[O-])CC1. The summed E-state index contributed by atoms with van der Waals surface area (Å²) in [5.41, 5.74) is 1.59. The van der Waals surface area contributed by atoms with Crippen LogP contribution in [0.4, 0.5) is 11.4 Å². The Balaban J connectivity index is 1.78. The van der Waals surface area contributed by atoms with Gasteiger partial charge in [0.05, 0.1) is 12.0 Å². The van der Waals surface area contributed by atoms with Crippen LogP contribution in [0.5, 0.6) is 11.5 Å². The van der Waals surface area contributed by atoms with Crippen LogP contribution in [0.1, 0.15) is 24.3 Å². The normalized spacial score (nSPS) is 15.3. The van der Waals surface area contributed by atoms with Crippen LogP contribution >= 0.6 is 0 Å². The molecule has 0 amide bonds. The number of nitro groups is 1. The number of ether oxygens (including phenoxy) is 1. The number of rotatable bonds is 4. The van der Waals surface area contributed by atoms with Crippen molar-refractivity contribution in [2.45, 2.75) is 18.8 Å². The maximum absolute atomic E-state index is 11.6. The maximum Gasteiger partial charge on any atom is 0.292 e. The zero-order valence-corrected chi connectivity index (χ0v) is 13.5. The first-order valence-electron chi connectivity index (χ1n) is 7.93. The number of hydrogen-bond acceptors (Lipinski definition) is 5. The van der Waals surface area contributed by atoms with Crippen molar-refractivity contribution >= 4 is 11.4 Å². The molecule has 0 spiro atoms. The molecule has 0 aliphatic carbocycles. The molecule has 0 aromatic heterocycles. The van der Waals surface area contributed by atoms with Gasteiger partial charge in [-0.25, -0.2) is 0 Å².